The minimum atomic E-state index is -3.15. The Morgan fingerprint density at radius 3 is 2.23 bits per heavy atom. The molecule has 2 aliphatic rings. The Hall–Kier alpha value is -3.64. The van der Waals surface area contributed by atoms with Gasteiger partial charge in [-0.15, -0.1) is 0 Å². The molecule has 1 saturated carbocycles. The molecule has 1 aromatic rings. The molecule has 4 amide bonds. The summed E-state index contributed by atoms with van der Waals surface area (Å²) in [5, 5.41) is 16.7. The van der Waals surface area contributed by atoms with Gasteiger partial charge in [-0.25, -0.2) is 13.6 Å². The number of aromatic nitrogens is 1. The van der Waals surface area contributed by atoms with Crippen LogP contribution in [0.25, 0.3) is 0 Å². The summed E-state index contributed by atoms with van der Waals surface area (Å²) in [6.45, 7) is 6.03. The van der Waals surface area contributed by atoms with Crippen LogP contribution >= 0.6 is 0 Å². The van der Waals surface area contributed by atoms with Crippen molar-refractivity contribution in [2.45, 2.75) is 110 Å². The fourth-order valence-electron chi connectivity index (χ4n) is 5.99. The van der Waals surface area contributed by atoms with E-state index in [-0.39, 0.29) is 24.9 Å². The molecule has 3 rings (SSSR count). The van der Waals surface area contributed by atoms with Crippen LogP contribution in [0, 0.1) is 10.8 Å². The molecule has 1 aliphatic heterocycles. The zero-order valence-electron chi connectivity index (χ0n) is 25.3. The quantitative estimate of drug-likeness (QED) is 0.281. The molecule has 13 heteroatoms. The Morgan fingerprint density at radius 2 is 1.67 bits per heavy atom. The molecule has 3 unspecified atom stereocenters. The Morgan fingerprint density at radius 1 is 1.05 bits per heavy atom. The second-order valence-corrected chi connectivity index (χ2v) is 13.1. The van der Waals surface area contributed by atoms with Crippen LogP contribution in [0.15, 0.2) is 24.5 Å². The molecule has 2 fully saturated rings. The fraction of sp³-hybridized carbons (Fsp3) is 0.667. The minimum Gasteiger partial charge on any atom is -0.465 e. The maximum absolute atomic E-state index is 13.9. The van der Waals surface area contributed by atoms with E-state index in [1.54, 1.807) is 32.9 Å². The number of Topliss-reactive ketones (excluding diaryl/α,β-unsaturated/α-hetero) is 1. The largest absolute Gasteiger partial charge is 0.465 e. The Balaban J connectivity index is 1.85. The Bertz CT molecular complexity index is 1180. The average molecular weight is 608 g/mol. The molecule has 1 aromatic heterocycles. The van der Waals surface area contributed by atoms with Crippen molar-refractivity contribution in [3.8, 4) is 0 Å². The van der Waals surface area contributed by atoms with Gasteiger partial charge in [-0.3, -0.25) is 24.2 Å². The van der Waals surface area contributed by atoms with E-state index in [9.17, 15) is 37.9 Å². The first-order valence-electron chi connectivity index (χ1n) is 14.7. The van der Waals surface area contributed by atoms with Gasteiger partial charge in [0.2, 0.25) is 23.5 Å². The highest BCUT2D eigenvalue weighted by Gasteiger charge is 2.51. The van der Waals surface area contributed by atoms with Gasteiger partial charge in [-0.1, -0.05) is 40.0 Å². The van der Waals surface area contributed by atoms with E-state index in [1.165, 1.54) is 17.3 Å². The first kappa shape index (κ1) is 33.9. The number of rotatable bonds is 11. The van der Waals surface area contributed by atoms with Gasteiger partial charge in [0, 0.05) is 31.9 Å². The Labute approximate surface area is 250 Å². The van der Waals surface area contributed by atoms with E-state index in [2.05, 4.69) is 20.9 Å². The number of pyridine rings is 1. The predicted octanol–water partition coefficient (Wildman–Crippen LogP) is 3.42. The van der Waals surface area contributed by atoms with Crippen molar-refractivity contribution < 1.29 is 37.9 Å². The van der Waals surface area contributed by atoms with Crippen molar-refractivity contribution in [1.82, 2.24) is 25.8 Å². The molecular formula is C30H43F2N5O6. The number of alkyl halides is 2. The van der Waals surface area contributed by atoms with Crippen LogP contribution in [0.5, 0.6) is 0 Å². The lowest BCUT2D eigenvalue weighted by Gasteiger charge is -2.36. The molecule has 1 aliphatic carbocycles. The lowest BCUT2D eigenvalue weighted by Crippen LogP contribution is -2.59. The number of nitrogens with one attached hydrogen (secondary N) is 3. The summed E-state index contributed by atoms with van der Waals surface area (Å²) in [5.74, 6) is -6.58. The first-order chi connectivity index (χ1) is 20.0. The van der Waals surface area contributed by atoms with Gasteiger partial charge in [0.25, 0.3) is 5.91 Å². The number of nitrogens with zero attached hydrogens (tertiary/aromatic N) is 2. The van der Waals surface area contributed by atoms with E-state index in [0.717, 1.165) is 32.1 Å². The van der Waals surface area contributed by atoms with Crippen molar-refractivity contribution in [1.29, 1.82) is 0 Å². The lowest BCUT2D eigenvalue weighted by molar-refractivity contribution is -0.144. The normalized spacial score (nSPS) is 19.8. The van der Waals surface area contributed by atoms with Crippen molar-refractivity contribution in [2.24, 2.45) is 10.8 Å². The summed E-state index contributed by atoms with van der Waals surface area (Å²) in [6, 6.07) is -0.499. The number of carbonyl (C=O) groups is 5. The minimum absolute atomic E-state index is 0.00408. The third-order valence-corrected chi connectivity index (χ3v) is 8.32. The molecule has 2 heterocycles. The molecule has 11 nitrogen and oxygen atoms in total. The van der Waals surface area contributed by atoms with Gasteiger partial charge in [0.1, 0.15) is 12.1 Å². The number of carbonyl (C=O) groups excluding carboxylic acids is 4. The highest BCUT2D eigenvalue weighted by atomic mass is 19.3. The van der Waals surface area contributed by atoms with Crippen LogP contribution < -0.4 is 16.0 Å². The molecule has 0 radical (unpaired) electrons. The fourth-order valence-corrected chi connectivity index (χ4v) is 5.99. The van der Waals surface area contributed by atoms with Crippen molar-refractivity contribution >= 4 is 29.6 Å². The highest BCUT2D eigenvalue weighted by Crippen LogP contribution is 2.47. The van der Waals surface area contributed by atoms with Gasteiger partial charge < -0.3 is 26.0 Å². The second kappa shape index (κ2) is 13.8. The van der Waals surface area contributed by atoms with Crippen LogP contribution in [0.3, 0.4) is 0 Å². The van der Waals surface area contributed by atoms with Gasteiger partial charge in [-0.2, -0.15) is 0 Å². The summed E-state index contributed by atoms with van der Waals surface area (Å²) in [4.78, 5) is 70.4. The van der Waals surface area contributed by atoms with Gasteiger partial charge >= 0.3 is 6.09 Å². The van der Waals surface area contributed by atoms with E-state index in [0.29, 0.717) is 12.5 Å². The molecule has 4 N–H and O–H groups in total. The standard InChI is InChI=1S/C30H43F2N5O6/c1-28(2,3)23(36-27(42)43)26(41)37-18-30(11-6-5-7-12-30)16-21(37)24(39)35-20(8-13-29(4,31)32)22(38)25(40)34-17-19-9-14-33-15-10-19/h9-10,14-15,20-21,23,36H,5-8,11-13,16-18H2,1-4H3,(H,34,40)(H,35,39)(H,42,43). The zero-order chi connectivity index (χ0) is 32.0. The molecule has 1 spiro atoms. The topological polar surface area (TPSA) is 158 Å². The van der Waals surface area contributed by atoms with Gasteiger partial charge in [0.15, 0.2) is 0 Å². The molecule has 43 heavy (non-hydrogen) atoms. The smallest absolute Gasteiger partial charge is 0.405 e. The van der Waals surface area contributed by atoms with Crippen molar-refractivity contribution in [2.75, 3.05) is 6.54 Å². The number of hydrogen-bond acceptors (Lipinski definition) is 6. The summed E-state index contributed by atoms with van der Waals surface area (Å²) in [5.41, 5.74) is -0.519. The van der Waals surface area contributed by atoms with Crippen LogP contribution in [0.4, 0.5) is 13.6 Å². The number of amides is 4. The predicted molar refractivity (Wildman–Crippen MR) is 153 cm³/mol. The Kier molecular flexibility index (Phi) is 10.8. The number of halogens is 2. The lowest BCUT2D eigenvalue weighted by atomic mass is 9.72. The molecule has 0 aromatic carbocycles. The molecule has 238 valence electrons. The molecule has 3 atom stereocenters. The summed E-state index contributed by atoms with van der Waals surface area (Å²) in [6.07, 6.45) is 5.07. The van der Waals surface area contributed by atoms with E-state index >= 15 is 0 Å². The average Bonchev–Trinajstić information content (AvgIpc) is 3.30. The second-order valence-electron chi connectivity index (χ2n) is 13.1. The zero-order valence-corrected chi connectivity index (χ0v) is 25.3. The monoisotopic (exact) mass is 607 g/mol. The molecule has 1 saturated heterocycles. The van der Waals surface area contributed by atoms with Crippen LogP contribution in [0.2, 0.25) is 0 Å². The van der Waals surface area contributed by atoms with E-state index < -0.39 is 71.9 Å². The van der Waals surface area contributed by atoms with Crippen LogP contribution in [-0.2, 0) is 25.7 Å². The van der Waals surface area contributed by atoms with E-state index in [1.807, 2.05) is 0 Å². The van der Waals surface area contributed by atoms with E-state index in [4.69, 9.17) is 0 Å². The highest BCUT2D eigenvalue weighted by molar-refractivity contribution is 6.38. The van der Waals surface area contributed by atoms with Crippen molar-refractivity contribution in [3.63, 3.8) is 0 Å². The van der Waals surface area contributed by atoms with Crippen LogP contribution in [-0.4, -0.2) is 75.2 Å². The number of ketones is 1. The van der Waals surface area contributed by atoms with Gasteiger partial charge in [-0.05, 0) is 61.1 Å². The number of likely N-dealkylation sites (tertiary alicyclic amines) is 1. The summed E-state index contributed by atoms with van der Waals surface area (Å²) in [7, 11) is 0. The van der Waals surface area contributed by atoms with Crippen LogP contribution in [0.1, 0.15) is 84.6 Å². The molecular weight excluding hydrogens is 564 g/mol. The first-order valence-corrected chi connectivity index (χ1v) is 14.7. The van der Waals surface area contributed by atoms with Crippen molar-refractivity contribution in [3.05, 3.63) is 30.1 Å². The maximum atomic E-state index is 13.9. The third kappa shape index (κ3) is 9.42. The third-order valence-electron chi connectivity index (χ3n) is 8.32. The summed E-state index contributed by atoms with van der Waals surface area (Å²) < 4.78 is 27.7. The number of carboxylic acid groups (broad SMARTS) is 1. The SMILES string of the molecule is CC(F)(F)CCC(NC(=O)C1CC2(CCCCC2)CN1C(=O)C(NC(=O)O)C(C)(C)C)C(=O)C(=O)NCc1ccncc1. The van der Waals surface area contributed by atoms with Gasteiger partial charge in [0.05, 0.1) is 6.04 Å². The maximum Gasteiger partial charge on any atom is 0.405 e. The number of hydrogen-bond donors (Lipinski definition) is 4. The molecule has 0 bridgehead atoms. The summed E-state index contributed by atoms with van der Waals surface area (Å²) >= 11 is 0.